The average molecular weight is 628 g/mol. The van der Waals surface area contributed by atoms with Gasteiger partial charge in [-0.15, -0.1) is 6.58 Å². The molecule has 1 amide bonds. The highest BCUT2D eigenvalue weighted by atomic mass is 35.5. The normalized spacial score (nSPS) is 24.5. The Hall–Kier alpha value is -2.00. The third-order valence-corrected chi connectivity index (χ3v) is 11.4. The second-order valence-electron chi connectivity index (χ2n) is 12.3. The molecule has 224 valence electrons. The van der Waals surface area contributed by atoms with Crippen molar-refractivity contribution in [3.63, 3.8) is 0 Å². The first kappa shape index (κ1) is 31.9. The fraction of sp³-hybridized carbons (Fsp3) is 0.516. The second kappa shape index (κ2) is 12.3. The maximum Gasteiger partial charge on any atom is 0.304 e. The molecule has 0 aromatic heterocycles. The van der Waals surface area contributed by atoms with E-state index in [2.05, 4.69) is 6.58 Å². The number of allylic oxidation sites excluding steroid dienone is 1. The highest BCUT2D eigenvalue weighted by Crippen LogP contribution is 2.54. The molecule has 1 N–H and O–H groups in total. The zero-order chi connectivity index (χ0) is 30.2. The number of likely N-dealkylation sites (tertiary alicyclic amines) is 1. The first-order valence-corrected chi connectivity index (χ1v) is 16.2. The maximum absolute atomic E-state index is 14.6. The monoisotopic (exact) mass is 626 g/mol. The number of rotatable bonds is 12. The molecule has 2 aliphatic rings. The van der Waals surface area contributed by atoms with Crippen LogP contribution >= 0.6 is 23.2 Å². The van der Waals surface area contributed by atoms with Crippen LogP contribution in [-0.2, 0) is 14.8 Å². The fourth-order valence-corrected chi connectivity index (χ4v) is 7.51. The second-order valence-corrected chi connectivity index (χ2v) is 15.5. The Morgan fingerprint density at radius 3 is 2.34 bits per heavy atom. The van der Waals surface area contributed by atoms with Gasteiger partial charge in [-0.05, 0) is 93.7 Å². The minimum Gasteiger partial charge on any atom is -0.331 e. The summed E-state index contributed by atoms with van der Waals surface area (Å²) in [6.07, 6.45) is 5.08. The Kier molecular flexibility index (Phi) is 9.59. The molecule has 2 fully saturated rings. The Morgan fingerprint density at radius 1 is 1.12 bits per heavy atom. The molecule has 2 aromatic rings. The minimum atomic E-state index is -4.31. The summed E-state index contributed by atoms with van der Waals surface area (Å²) in [4.78, 5) is 16.5. The van der Waals surface area contributed by atoms with Crippen molar-refractivity contribution >= 4 is 39.1 Å². The number of amides is 1. The van der Waals surface area contributed by atoms with E-state index in [1.54, 1.807) is 6.08 Å². The van der Waals surface area contributed by atoms with E-state index in [9.17, 15) is 22.0 Å². The molecule has 0 spiro atoms. The average Bonchev–Trinajstić information content (AvgIpc) is 3.72. The van der Waals surface area contributed by atoms with Crippen molar-refractivity contribution < 1.29 is 22.0 Å². The smallest absolute Gasteiger partial charge is 0.304 e. The molecule has 41 heavy (non-hydrogen) atoms. The molecule has 2 aromatic carbocycles. The lowest BCUT2D eigenvalue weighted by molar-refractivity contribution is -0.155. The number of sulfonamides is 1. The van der Waals surface area contributed by atoms with Gasteiger partial charge in [-0.2, -0.15) is 13.5 Å². The zero-order valence-corrected chi connectivity index (χ0v) is 26.0. The number of alkyl halides is 2. The van der Waals surface area contributed by atoms with Crippen molar-refractivity contribution in [3.8, 4) is 0 Å². The molecule has 1 aliphatic carbocycles. The molecule has 1 heterocycles. The van der Waals surface area contributed by atoms with E-state index in [0.717, 1.165) is 24.0 Å². The van der Waals surface area contributed by atoms with E-state index in [1.165, 1.54) is 18.6 Å². The van der Waals surface area contributed by atoms with Crippen LogP contribution in [-0.4, -0.2) is 36.6 Å². The third kappa shape index (κ3) is 6.98. The Balaban J connectivity index is 1.82. The van der Waals surface area contributed by atoms with Crippen molar-refractivity contribution in [2.45, 2.75) is 88.6 Å². The number of halogens is 4. The zero-order valence-electron chi connectivity index (χ0n) is 23.6. The van der Waals surface area contributed by atoms with Gasteiger partial charge in [0.15, 0.2) is 0 Å². The Bertz CT molecular complexity index is 1370. The Morgan fingerprint density at radius 2 is 1.78 bits per heavy atom. The molecule has 1 aliphatic heterocycles. The third-order valence-electron chi connectivity index (χ3n) is 8.72. The van der Waals surface area contributed by atoms with Crippen LogP contribution in [0, 0.1) is 11.3 Å². The standard InChI is InChI=1S/C31H38Cl2F2N2O3S/c1-5-16-31(4)19-25(22-7-6-8-24(33)18-22)27(21-11-13-23(32)14-12-21)37(28(31)38)26(20-9-10-20)15-17-30(2,3)41(39,40)36-29(34)35/h5-8,11-14,18,20,25-27,29,36H,1,9-10,15-17,19H2,2-4H3/t25-,26+,27-,31+/m1/s1. The predicted octanol–water partition coefficient (Wildman–Crippen LogP) is 8.11. The van der Waals surface area contributed by atoms with Crippen molar-refractivity contribution in [1.29, 1.82) is 0 Å². The lowest BCUT2D eigenvalue weighted by Crippen LogP contribution is -2.56. The van der Waals surface area contributed by atoms with Crippen LogP contribution in [0.3, 0.4) is 0 Å². The topological polar surface area (TPSA) is 66.5 Å². The minimum absolute atomic E-state index is 0.0149. The van der Waals surface area contributed by atoms with Crippen LogP contribution in [0.25, 0.3) is 0 Å². The molecule has 10 heteroatoms. The van der Waals surface area contributed by atoms with Crippen LogP contribution in [0.4, 0.5) is 8.78 Å². The number of piperidine rings is 1. The summed E-state index contributed by atoms with van der Waals surface area (Å²) in [5.74, 6) is 0.0521. The number of hydrogen-bond donors (Lipinski definition) is 1. The highest BCUT2D eigenvalue weighted by Gasteiger charge is 2.53. The van der Waals surface area contributed by atoms with Gasteiger partial charge in [0.1, 0.15) is 0 Å². The number of carbonyl (C=O) groups is 1. The van der Waals surface area contributed by atoms with Crippen molar-refractivity contribution in [2.24, 2.45) is 11.3 Å². The Labute approximate surface area is 252 Å². The van der Waals surface area contributed by atoms with Crippen LogP contribution in [0.1, 0.15) is 82.4 Å². The molecule has 0 unspecified atom stereocenters. The molecular weight excluding hydrogens is 589 g/mol. The maximum atomic E-state index is 14.6. The largest absolute Gasteiger partial charge is 0.331 e. The lowest BCUT2D eigenvalue weighted by atomic mass is 9.66. The highest BCUT2D eigenvalue weighted by molar-refractivity contribution is 7.90. The van der Waals surface area contributed by atoms with Gasteiger partial charge in [-0.25, -0.2) is 8.42 Å². The summed E-state index contributed by atoms with van der Waals surface area (Å²) >= 11 is 12.7. The van der Waals surface area contributed by atoms with Gasteiger partial charge in [0.2, 0.25) is 15.9 Å². The first-order valence-electron chi connectivity index (χ1n) is 13.9. The van der Waals surface area contributed by atoms with Gasteiger partial charge in [0, 0.05) is 22.0 Å². The van der Waals surface area contributed by atoms with Gasteiger partial charge in [0.05, 0.1) is 16.2 Å². The van der Waals surface area contributed by atoms with E-state index in [4.69, 9.17) is 23.2 Å². The summed E-state index contributed by atoms with van der Waals surface area (Å²) in [5, 5.41) is 1.18. The van der Waals surface area contributed by atoms with Gasteiger partial charge < -0.3 is 4.90 Å². The molecule has 0 bridgehead atoms. The van der Waals surface area contributed by atoms with Crippen LogP contribution in [0.2, 0.25) is 10.0 Å². The summed E-state index contributed by atoms with van der Waals surface area (Å²) < 4.78 is 51.6. The number of nitrogens with one attached hydrogen (secondary N) is 1. The van der Waals surface area contributed by atoms with E-state index in [-0.39, 0.29) is 36.2 Å². The quantitative estimate of drug-likeness (QED) is 0.191. The molecule has 5 nitrogen and oxygen atoms in total. The van der Waals surface area contributed by atoms with Crippen LogP contribution in [0.15, 0.2) is 61.2 Å². The van der Waals surface area contributed by atoms with E-state index >= 15 is 0 Å². The van der Waals surface area contributed by atoms with E-state index in [1.807, 2.05) is 60.4 Å². The van der Waals surface area contributed by atoms with E-state index < -0.39 is 26.7 Å². The summed E-state index contributed by atoms with van der Waals surface area (Å²) in [7, 11) is -4.31. The number of benzene rings is 2. The number of nitrogens with zero attached hydrogens (tertiary/aromatic N) is 1. The predicted molar refractivity (Wildman–Crippen MR) is 161 cm³/mol. The molecule has 1 saturated carbocycles. The molecule has 4 rings (SSSR count). The summed E-state index contributed by atoms with van der Waals surface area (Å²) in [5.41, 5.74) is 1.18. The first-order chi connectivity index (χ1) is 19.2. The lowest BCUT2D eigenvalue weighted by Gasteiger charge is -2.52. The number of hydrogen-bond acceptors (Lipinski definition) is 3. The SMILES string of the molecule is C=CC[C@@]1(C)C[C@H](c2cccc(Cl)c2)[C@@H](c2ccc(Cl)cc2)N([C@@H](CCC(C)(C)S(=O)(=O)NC(F)F)C2CC2)C1=O. The molecule has 1 saturated heterocycles. The van der Waals surface area contributed by atoms with Crippen molar-refractivity contribution in [1.82, 2.24) is 9.62 Å². The molecule has 0 radical (unpaired) electrons. The van der Waals surface area contributed by atoms with Gasteiger partial charge >= 0.3 is 6.55 Å². The van der Waals surface area contributed by atoms with Gasteiger partial charge in [-0.1, -0.05) is 60.5 Å². The summed E-state index contributed by atoms with van der Waals surface area (Å²) in [6.45, 7) is 5.61. The van der Waals surface area contributed by atoms with Gasteiger partial charge in [-0.3, -0.25) is 4.79 Å². The van der Waals surface area contributed by atoms with E-state index in [0.29, 0.717) is 29.3 Å². The number of carbonyl (C=O) groups excluding carboxylic acids is 1. The van der Waals surface area contributed by atoms with Crippen LogP contribution < -0.4 is 4.72 Å². The van der Waals surface area contributed by atoms with Crippen molar-refractivity contribution in [2.75, 3.05) is 0 Å². The molecule has 4 atom stereocenters. The summed E-state index contributed by atoms with van der Waals surface area (Å²) in [6, 6.07) is 14.5. The molecular formula is C31H38Cl2F2N2O3S. The fourth-order valence-electron chi connectivity index (χ4n) is 6.24. The van der Waals surface area contributed by atoms with Gasteiger partial charge in [0.25, 0.3) is 0 Å². The van der Waals surface area contributed by atoms with Crippen molar-refractivity contribution in [3.05, 3.63) is 82.4 Å². The van der Waals surface area contributed by atoms with Crippen LogP contribution in [0.5, 0.6) is 0 Å².